The Labute approximate surface area is 125 Å². The van der Waals surface area contributed by atoms with E-state index in [1.165, 1.54) is 0 Å². The SMILES string of the molecule is CC1CN(C(=O)C2COCCN2)CC(c2ccccc2)O1. The summed E-state index contributed by atoms with van der Waals surface area (Å²) < 4.78 is 11.4. The maximum atomic E-state index is 12.6. The van der Waals surface area contributed by atoms with E-state index in [1.807, 2.05) is 42.2 Å². The van der Waals surface area contributed by atoms with Crippen LogP contribution in [0.4, 0.5) is 0 Å². The molecule has 3 atom stereocenters. The fourth-order valence-electron chi connectivity index (χ4n) is 2.93. The molecular weight excluding hydrogens is 268 g/mol. The third kappa shape index (κ3) is 3.43. The van der Waals surface area contributed by atoms with Gasteiger partial charge in [-0.25, -0.2) is 0 Å². The van der Waals surface area contributed by atoms with Crippen molar-refractivity contribution < 1.29 is 14.3 Å². The number of hydrogen-bond donors (Lipinski definition) is 1. The van der Waals surface area contributed by atoms with E-state index in [1.54, 1.807) is 0 Å². The van der Waals surface area contributed by atoms with Gasteiger partial charge in [-0.2, -0.15) is 0 Å². The highest BCUT2D eigenvalue weighted by Gasteiger charge is 2.33. The fourth-order valence-corrected chi connectivity index (χ4v) is 2.93. The topological polar surface area (TPSA) is 50.8 Å². The number of carbonyl (C=O) groups is 1. The molecule has 21 heavy (non-hydrogen) atoms. The van der Waals surface area contributed by atoms with Gasteiger partial charge in [-0.3, -0.25) is 4.79 Å². The molecule has 1 aromatic carbocycles. The summed E-state index contributed by atoms with van der Waals surface area (Å²) in [5, 5.41) is 3.23. The number of hydrogen-bond acceptors (Lipinski definition) is 4. The quantitative estimate of drug-likeness (QED) is 0.881. The van der Waals surface area contributed by atoms with Crippen molar-refractivity contribution in [3.05, 3.63) is 35.9 Å². The van der Waals surface area contributed by atoms with Gasteiger partial charge in [0.25, 0.3) is 0 Å². The normalized spacial score (nSPS) is 30.1. The number of rotatable bonds is 2. The molecule has 0 spiro atoms. The predicted octanol–water partition coefficient (Wildman–Crippen LogP) is 0.963. The van der Waals surface area contributed by atoms with Crippen LogP contribution in [0.3, 0.4) is 0 Å². The number of amides is 1. The van der Waals surface area contributed by atoms with Crippen molar-refractivity contribution in [1.29, 1.82) is 0 Å². The minimum atomic E-state index is -0.222. The van der Waals surface area contributed by atoms with E-state index < -0.39 is 0 Å². The summed E-state index contributed by atoms with van der Waals surface area (Å²) in [6.07, 6.45) is -0.0131. The molecule has 5 heteroatoms. The molecule has 2 aliphatic heterocycles. The van der Waals surface area contributed by atoms with Crippen LogP contribution >= 0.6 is 0 Å². The number of nitrogens with zero attached hydrogens (tertiary/aromatic N) is 1. The third-order valence-electron chi connectivity index (χ3n) is 3.96. The second-order valence-corrected chi connectivity index (χ2v) is 5.67. The van der Waals surface area contributed by atoms with E-state index in [0.717, 1.165) is 12.1 Å². The van der Waals surface area contributed by atoms with E-state index in [0.29, 0.717) is 26.3 Å². The first-order valence-electron chi connectivity index (χ1n) is 7.54. The Bertz CT molecular complexity index is 474. The van der Waals surface area contributed by atoms with Crippen LogP contribution in [0.2, 0.25) is 0 Å². The largest absolute Gasteiger partial charge is 0.378 e. The van der Waals surface area contributed by atoms with Gasteiger partial charge in [0.15, 0.2) is 0 Å². The van der Waals surface area contributed by atoms with Crippen molar-refractivity contribution in [1.82, 2.24) is 10.2 Å². The summed E-state index contributed by atoms with van der Waals surface area (Å²) >= 11 is 0. The molecule has 2 heterocycles. The highest BCUT2D eigenvalue weighted by molar-refractivity contribution is 5.82. The van der Waals surface area contributed by atoms with E-state index >= 15 is 0 Å². The zero-order chi connectivity index (χ0) is 14.7. The molecule has 0 radical (unpaired) electrons. The lowest BCUT2D eigenvalue weighted by Crippen LogP contribution is -2.56. The van der Waals surface area contributed by atoms with Crippen LogP contribution in [0.15, 0.2) is 30.3 Å². The molecule has 0 aliphatic carbocycles. The number of nitrogens with one attached hydrogen (secondary N) is 1. The highest BCUT2D eigenvalue weighted by Crippen LogP contribution is 2.25. The molecule has 2 aliphatic rings. The predicted molar refractivity (Wildman–Crippen MR) is 78.9 cm³/mol. The van der Waals surface area contributed by atoms with Crippen molar-refractivity contribution in [2.75, 3.05) is 32.8 Å². The molecule has 5 nitrogen and oxygen atoms in total. The average molecular weight is 290 g/mol. The molecule has 3 rings (SSSR count). The first kappa shape index (κ1) is 14.5. The first-order valence-corrected chi connectivity index (χ1v) is 7.54. The Morgan fingerprint density at radius 3 is 2.81 bits per heavy atom. The van der Waals surface area contributed by atoms with Gasteiger partial charge >= 0.3 is 0 Å². The van der Waals surface area contributed by atoms with Gasteiger partial charge in [0, 0.05) is 13.1 Å². The lowest BCUT2D eigenvalue weighted by molar-refractivity contribution is -0.149. The van der Waals surface area contributed by atoms with Crippen LogP contribution in [0, 0.1) is 0 Å². The first-order chi connectivity index (χ1) is 10.2. The number of carbonyl (C=O) groups excluding carboxylic acids is 1. The number of ether oxygens (including phenoxy) is 2. The summed E-state index contributed by atoms with van der Waals surface area (Å²) in [4.78, 5) is 14.5. The van der Waals surface area contributed by atoms with Crippen molar-refractivity contribution in [3.8, 4) is 0 Å². The van der Waals surface area contributed by atoms with Crippen molar-refractivity contribution >= 4 is 5.91 Å². The molecule has 1 aromatic rings. The van der Waals surface area contributed by atoms with Crippen LogP contribution < -0.4 is 5.32 Å². The highest BCUT2D eigenvalue weighted by atomic mass is 16.5. The molecule has 1 amide bonds. The third-order valence-corrected chi connectivity index (χ3v) is 3.96. The molecular formula is C16H22N2O3. The van der Waals surface area contributed by atoms with Gasteiger partial charge in [-0.1, -0.05) is 30.3 Å². The molecule has 1 N–H and O–H groups in total. The molecule has 3 unspecified atom stereocenters. The summed E-state index contributed by atoms with van der Waals surface area (Å²) in [6.45, 7) is 5.13. The zero-order valence-electron chi connectivity index (χ0n) is 12.3. The zero-order valence-corrected chi connectivity index (χ0v) is 12.3. The van der Waals surface area contributed by atoms with Gasteiger partial charge in [0.1, 0.15) is 12.1 Å². The van der Waals surface area contributed by atoms with Crippen molar-refractivity contribution in [2.45, 2.75) is 25.2 Å². The van der Waals surface area contributed by atoms with Gasteiger partial charge in [0.05, 0.1) is 25.9 Å². The molecule has 0 saturated carbocycles. The molecule has 0 bridgehead atoms. The lowest BCUT2D eigenvalue weighted by atomic mass is 10.1. The van der Waals surface area contributed by atoms with Gasteiger partial charge in [-0.05, 0) is 12.5 Å². The Kier molecular flexibility index (Phi) is 4.53. The van der Waals surface area contributed by atoms with Gasteiger partial charge in [0.2, 0.25) is 5.91 Å². The smallest absolute Gasteiger partial charge is 0.242 e. The summed E-state index contributed by atoms with van der Waals surface area (Å²) in [7, 11) is 0. The molecule has 0 aromatic heterocycles. The van der Waals surface area contributed by atoms with Crippen molar-refractivity contribution in [2.24, 2.45) is 0 Å². The van der Waals surface area contributed by atoms with E-state index in [9.17, 15) is 4.79 Å². The second kappa shape index (κ2) is 6.56. The van der Waals surface area contributed by atoms with E-state index in [2.05, 4.69) is 5.32 Å². The lowest BCUT2D eigenvalue weighted by Gasteiger charge is -2.39. The standard InChI is InChI=1S/C16H22N2O3/c1-12-9-18(16(19)14-11-20-8-7-17-14)10-15(21-12)13-5-3-2-4-6-13/h2-6,12,14-15,17H,7-11H2,1H3. The van der Waals surface area contributed by atoms with Crippen LogP contribution in [0.5, 0.6) is 0 Å². The van der Waals surface area contributed by atoms with Crippen LogP contribution in [0.1, 0.15) is 18.6 Å². The van der Waals surface area contributed by atoms with Crippen LogP contribution in [-0.2, 0) is 14.3 Å². The Hall–Kier alpha value is -1.43. The van der Waals surface area contributed by atoms with Gasteiger partial charge in [-0.15, -0.1) is 0 Å². The van der Waals surface area contributed by atoms with Crippen LogP contribution in [0.25, 0.3) is 0 Å². The number of morpholine rings is 2. The van der Waals surface area contributed by atoms with E-state index in [4.69, 9.17) is 9.47 Å². The number of benzene rings is 1. The second-order valence-electron chi connectivity index (χ2n) is 5.67. The average Bonchev–Trinajstić information content (AvgIpc) is 2.55. The minimum absolute atomic E-state index is 0.0393. The van der Waals surface area contributed by atoms with E-state index in [-0.39, 0.29) is 24.2 Å². The molecule has 2 fully saturated rings. The monoisotopic (exact) mass is 290 g/mol. The molecule has 2 saturated heterocycles. The minimum Gasteiger partial charge on any atom is -0.378 e. The molecule has 114 valence electrons. The Balaban J connectivity index is 1.69. The summed E-state index contributed by atoms with van der Waals surface area (Å²) in [6, 6.07) is 9.87. The Morgan fingerprint density at radius 1 is 1.29 bits per heavy atom. The fraction of sp³-hybridized carbons (Fsp3) is 0.562. The maximum Gasteiger partial charge on any atom is 0.242 e. The maximum absolute atomic E-state index is 12.6. The summed E-state index contributed by atoms with van der Waals surface area (Å²) in [5.74, 6) is 0.116. The van der Waals surface area contributed by atoms with Crippen molar-refractivity contribution in [3.63, 3.8) is 0 Å². The summed E-state index contributed by atoms with van der Waals surface area (Å²) in [5.41, 5.74) is 1.12. The van der Waals surface area contributed by atoms with Gasteiger partial charge < -0.3 is 19.7 Å². The van der Waals surface area contributed by atoms with Crippen LogP contribution in [-0.4, -0.2) is 55.8 Å². The Morgan fingerprint density at radius 2 is 2.10 bits per heavy atom.